The quantitative estimate of drug-likeness (QED) is 0.374. The highest BCUT2D eigenvalue weighted by Gasteiger charge is 2.11. The highest BCUT2D eigenvalue weighted by Crippen LogP contribution is 2.25. The van der Waals surface area contributed by atoms with Gasteiger partial charge in [-0.2, -0.15) is 0 Å². The van der Waals surface area contributed by atoms with E-state index in [9.17, 15) is 4.79 Å². The largest absolute Gasteiger partial charge is 0.497 e. The van der Waals surface area contributed by atoms with Crippen molar-refractivity contribution in [3.63, 3.8) is 0 Å². The van der Waals surface area contributed by atoms with Gasteiger partial charge in [0.25, 0.3) is 5.91 Å². The second-order valence-electron chi connectivity index (χ2n) is 6.84. The molecule has 0 fully saturated rings. The van der Waals surface area contributed by atoms with Crippen molar-refractivity contribution >= 4 is 45.6 Å². The number of nitrogens with zero attached hydrogens (tertiary/aromatic N) is 2. The summed E-state index contributed by atoms with van der Waals surface area (Å²) < 4.78 is 5.14. The molecule has 0 aliphatic heterocycles. The summed E-state index contributed by atoms with van der Waals surface area (Å²) in [5, 5.41) is 8.21. The summed E-state index contributed by atoms with van der Waals surface area (Å²) in [6.45, 7) is 0.362. The van der Waals surface area contributed by atoms with Crippen LogP contribution < -0.4 is 21.1 Å². The van der Waals surface area contributed by atoms with E-state index in [1.807, 2.05) is 48.5 Å². The summed E-state index contributed by atoms with van der Waals surface area (Å²) >= 11 is 6.33. The highest BCUT2D eigenvalue weighted by molar-refractivity contribution is 6.33. The van der Waals surface area contributed by atoms with Crippen LogP contribution in [0.15, 0.2) is 67.0 Å². The lowest BCUT2D eigenvalue weighted by Crippen LogP contribution is -2.23. The number of benzene rings is 2. The van der Waals surface area contributed by atoms with E-state index in [1.54, 1.807) is 19.4 Å². The van der Waals surface area contributed by atoms with Crippen molar-refractivity contribution in [1.29, 1.82) is 0 Å². The van der Waals surface area contributed by atoms with E-state index in [4.69, 9.17) is 22.1 Å². The number of hydrogen-bond donors (Lipinski definition) is 3. The smallest absolute Gasteiger partial charge is 0.253 e. The monoisotopic (exact) mass is 449 g/mol. The normalized spacial score (nSPS) is 10.3. The average Bonchev–Trinajstić information content (AvgIpc) is 2.79. The maximum absolute atomic E-state index is 12.6. The molecule has 4 aromatic rings. The second-order valence-corrected chi connectivity index (χ2v) is 7.25. The minimum atomic E-state index is -0.264. The number of fused-ring (bicyclic) bond motifs is 1. The molecule has 4 rings (SSSR count). The van der Waals surface area contributed by atoms with Crippen molar-refractivity contribution in [2.75, 3.05) is 18.2 Å². The summed E-state index contributed by atoms with van der Waals surface area (Å²) in [4.78, 5) is 20.9. The van der Waals surface area contributed by atoms with Crippen molar-refractivity contribution in [2.24, 2.45) is 0 Å². The lowest BCUT2D eigenvalue weighted by atomic mass is 10.1. The molecule has 0 saturated heterocycles. The molecule has 1 amide bonds. The molecule has 0 aliphatic rings. The van der Waals surface area contributed by atoms with Crippen LogP contribution in [0, 0.1) is 0 Å². The average molecular weight is 450 g/mol. The molecule has 2 aromatic carbocycles. The van der Waals surface area contributed by atoms with Crippen LogP contribution in [-0.2, 0) is 6.54 Å². The van der Waals surface area contributed by atoms with Gasteiger partial charge in [-0.1, -0.05) is 31.2 Å². The number of halogens is 1. The standard InChI is InChI=1S/C23H20ClN5O2.CH4/c1-31-18-5-3-17(4-6-18)29-22-20(24)11-16(13-27-22)23(30)28-12-14-2-7-19-15(10-14)8-9-26-21(19)25;/h2-11,13H,12H2,1H3,(H2,25,26)(H,27,29)(H,28,30);1H4. The molecular formula is C24H24ClN5O2. The molecule has 0 atom stereocenters. The molecule has 2 heterocycles. The first-order chi connectivity index (χ1) is 15.0. The molecule has 4 N–H and O–H groups in total. The van der Waals surface area contributed by atoms with E-state index in [-0.39, 0.29) is 13.3 Å². The van der Waals surface area contributed by atoms with Crippen molar-refractivity contribution in [2.45, 2.75) is 14.0 Å². The molecule has 0 bridgehead atoms. The first-order valence-electron chi connectivity index (χ1n) is 9.51. The number of nitrogens with one attached hydrogen (secondary N) is 2. The zero-order valence-electron chi connectivity index (χ0n) is 16.7. The molecule has 0 spiro atoms. The molecule has 164 valence electrons. The number of anilines is 3. The van der Waals surface area contributed by atoms with Crippen LogP contribution in [0.25, 0.3) is 10.8 Å². The third-order valence-corrected chi connectivity index (χ3v) is 5.06. The third kappa shape index (κ3) is 5.07. The molecule has 0 radical (unpaired) electrons. The Hall–Kier alpha value is -3.84. The van der Waals surface area contributed by atoms with Crippen LogP contribution in [0.4, 0.5) is 17.3 Å². The van der Waals surface area contributed by atoms with Crippen LogP contribution in [0.1, 0.15) is 23.3 Å². The molecular weight excluding hydrogens is 426 g/mol. The maximum atomic E-state index is 12.6. The lowest BCUT2D eigenvalue weighted by Gasteiger charge is -2.10. The Morgan fingerprint density at radius 3 is 2.59 bits per heavy atom. The van der Waals surface area contributed by atoms with E-state index in [0.29, 0.717) is 28.8 Å². The Morgan fingerprint density at radius 1 is 1.09 bits per heavy atom. The number of nitrogen functional groups attached to an aromatic ring is 1. The van der Waals surface area contributed by atoms with Crippen molar-refractivity contribution in [3.05, 3.63) is 83.1 Å². The van der Waals surface area contributed by atoms with E-state index < -0.39 is 0 Å². The molecule has 32 heavy (non-hydrogen) atoms. The zero-order valence-corrected chi connectivity index (χ0v) is 17.5. The number of pyridine rings is 2. The van der Waals surface area contributed by atoms with E-state index in [1.165, 1.54) is 6.20 Å². The van der Waals surface area contributed by atoms with Gasteiger partial charge in [0.1, 0.15) is 17.4 Å². The number of nitrogens with two attached hydrogens (primary N) is 1. The SMILES string of the molecule is C.COc1ccc(Nc2ncc(C(=O)NCc3ccc4c(N)nccc4c3)cc2Cl)cc1. The topological polar surface area (TPSA) is 102 Å². The lowest BCUT2D eigenvalue weighted by molar-refractivity contribution is 0.0950. The fraction of sp³-hybridized carbons (Fsp3) is 0.125. The maximum Gasteiger partial charge on any atom is 0.253 e. The highest BCUT2D eigenvalue weighted by atomic mass is 35.5. The third-order valence-electron chi connectivity index (χ3n) is 4.77. The van der Waals surface area contributed by atoms with Gasteiger partial charge in [0.15, 0.2) is 0 Å². The number of hydrogen-bond acceptors (Lipinski definition) is 6. The summed E-state index contributed by atoms with van der Waals surface area (Å²) in [7, 11) is 1.61. The van der Waals surface area contributed by atoms with Crippen LogP contribution >= 0.6 is 11.6 Å². The van der Waals surface area contributed by atoms with Crippen LogP contribution in [0.3, 0.4) is 0 Å². The van der Waals surface area contributed by atoms with E-state index in [0.717, 1.165) is 27.8 Å². The Labute approximate surface area is 191 Å². The molecule has 0 aliphatic carbocycles. The zero-order chi connectivity index (χ0) is 21.8. The first kappa shape index (κ1) is 22.8. The van der Waals surface area contributed by atoms with Gasteiger partial charge < -0.3 is 21.1 Å². The van der Waals surface area contributed by atoms with Gasteiger partial charge in [-0.15, -0.1) is 0 Å². The summed E-state index contributed by atoms with van der Waals surface area (Å²) in [6, 6.07) is 16.6. The second kappa shape index (κ2) is 9.98. The number of aromatic nitrogens is 2. The summed E-state index contributed by atoms with van der Waals surface area (Å²) in [5.74, 6) is 1.43. The number of carbonyl (C=O) groups is 1. The van der Waals surface area contributed by atoms with Gasteiger partial charge in [-0.25, -0.2) is 9.97 Å². The number of amides is 1. The van der Waals surface area contributed by atoms with Crippen LogP contribution in [0.2, 0.25) is 5.02 Å². The molecule has 0 saturated carbocycles. The van der Waals surface area contributed by atoms with Crippen molar-refractivity contribution in [3.8, 4) is 5.75 Å². The summed E-state index contributed by atoms with van der Waals surface area (Å²) in [6.07, 6.45) is 3.15. The number of carbonyl (C=O) groups excluding carboxylic acids is 1. The van der Waals surface area contributed by atoms with E-state index in [2.05, 4.69) is 20.6 Å². The van der Waals surface area contributed by atoms with E-state index >= 15 is 0 Å². The van der Waals surface area contributed by atoms with Crippen molar-refractivity contribution in [1.82, 2.24) is 15.3 Å². The van der Waals surface area contributed by atoms with Gasteiger partial charge in [0.2, 0.25) is 0 Å². The Kier molecular flexibility index (Phi) is 7.12. The van der Waals surface area contributed by atoms with Crippen LogP contribution in [-0.4, -0.2) is 23.0 Å². The van der Waals surface area contributed by atoms with Gasteiger partial charge in [-0.3, -0.25) is 4.79 Å². The van der Waals surface area contributed by atoms with Gasteiger partial charge in [-0.05, 0) is 53.4 Å². The number of ether oxygens (including phenoxy) is 1. The van der Waals surface area contributed by atoms with Gasteiger partial charge >= 0.3 is 0 Å². The predicted molar refractivity (Wildman–Crippen MR) is 130 cm³/mol. The minimum Gasteiger partial charge on any atom is -0.497 e. The Balaban J connectivity index is 0.00000289. The Morgan fingerprint density at radius 2 is 1.88 bits per heavy atom. The molecule has 8 heteroatoms. The van der Waals surface area contributed by atoms with Crippen LogP contribution in [0.5, 0.6) is 5.75 Å². The minimum absolute atomic E-state index is 0. The van der Waals surface area contributed by atoms with Crippen molar-refractivity contribution < 1.29 is 9.53 Å². The first-order valence-corrected chi connectivity index (χ1v) is 9.89. The predicted octanol–water partition coefficient (Wildman–Crippen LogP) is 5.18. The van der Waals surface area contributed by atoms with Gasteiger partial charge in [0, 0.05) is 30.0 Å². The summed E-state index contributed by atoms with van der Waals surface area (Å²) in [5.41, 5.74) is 8.01. The number of rotatable bonds is 6. The fourth-order valence-corrected chi connectivity index (χ4v) is 3.32. The molecule has 7 nitrogen and oxygen atoms in total. The molecule has 2 aromatic heterocycles. The number of methoxy groups -OCH3 is 1. The fourth-order valence-electron chi connectivity index (χ4n) is 3.11. The Bertz CT molecular complexity index is 1250. The molecule has 0 unspecified atom stereocenters. The van der Waals surface area contributed by atoms with Gasteiger partial charge in [0.05, 0.1) is 17.7 Å².